The van der Waals surface area contributed by atoms with Crippen LogP contribution in [0.5, 0.6) is 0 Å². The monoisotopic (exact) mass is 284 g/mol. The molecule has 0 N–H and O–H groups in total. The number of hydrogen-bond donors (Lipinski definition) is 0. The highest BCUT2D eigenvalue weighted by Crippen LogP contribution is 2.63. The Morgan fingerprint density at radius 2 is 1.76 bits per heavy atom. The minimum Gasteiger partial charge on any atom is -0.294 e. The van der Waals surface area contributed by atoms with Crippen LogP contribution in [0.4, 0.5) is 0 Å². The molecule has 6 rings (SSSR count). The molecule has 0 saturated heterocycles. The zero-order valence-corrected chi connectivity index (χ0v) is 14.1. The molecule has 114 valence electrons. The van der Waals surface area contributed by atoms with E-state index in [1.54, 1.807) is 5.57 Å². The van der Waals surface area contributed by atoms with E-state index in [1.807, 2.05) is 0 Å². The van der Waals surface area contributed by atoms with Crippen LogP contribution in [-0.4, -0.2) is 5.78 Å². The van der Waals surface area contributed by atoms with E-state index < -0.39 is 0 Å². The molecule has 0 unspecified atom stereocenters. The zero-order valence-electron chi connectivity index (χ0n) is 14.1. The summed E-state index contributed by atoms with van der Waals surface area (Å²) in [5.74, 6) is 3.04. The van der Waals surface area contributed by atoms with Gasteiger partial charge in [0, 0.05) is 5.92 Å². The normalized spacial score (nSPS) is 42.1. The van der Waals surface area contributed by atoms with Gasteiger partial charge in [-0.05, 0) is 66.8 Å². The Kier molecular flexibility index (Phi) is 2.57. The van der Waals surface area contributed by atoms with Crippen molar-refractivity contribution in [1.29, 1.82) is 0 Å². The molecule has 2 saturated carbocycles. The minimum atomic E-state index is 0.215. The van der Waals surface area contributed by atoms with Crippen LogP contribution in [0.15, 0.2) is 22.8 Å². The van der Waals surface area contributed by atoms with Crippen molar-refractivity contribution in [3.05, 3.63) is 22.8 Å². The van der Waals surface area contributed by atoms with Gasteiger partial charge in [0.15, 0.2) is 5.78 Å². The predicted molar refractivity (Wildman–Crippen MR) is 85.8 cm³/mol. The molecule has 0 aromatic heterocycles. The molecule has 0 aromatic carbocycles. The Hall–Kier alpha value is -0.850. The summed E-state index contributed by atoms with van der Waals surface area (Å²) < 4.78 is 0. The summed E-state index contributed by atoms with van der Waals surface area (Å²) in [7, 11) is 0. The van der Waals surface area contributed by atoms with Crippen LogP contribution in [0.25, 0.3) is 0 Å². The molecule has 0 aliphatic heterocycles. The van der Waals surface area contributed by atoms with Crippen LogP contribution in [0.2, 0.25) is 0 Å². The van der Waals surface area contributed by atoms with E-state index in [-0.39, 0.29) is 5.41 Å². The number of carbonyl (C=O) groups is 1. The Bertz CT molecular complexity index is 587. The molecule has 6 aliphatic rings. The van der Waals surface area contributed by atoms with Gasteiger partial charge in [-0.3, -0.25) is 4.79 Å². The highest BCUT2D eigenvalue weighted by molar-refractivity contribution is 6.01. The lowest BCUT2D eigenvalue weighted by atomic mass is 9.45. The largest absolute Gasteiger partial charge is 0.294 e. The molecule has 0 spiro atoms. The van der Waals surface area contributed by atoms with Gasteiger partial charge < -0.3 is 0 Å². The topological polar surface area (TPSA) is 17.1 Å². The summed E-state index contributed by atoms with van der Waals surface area (Å²) in [6.45, 7) is 11.6. The molecule has 0 aromatic rings. The first-order valence-corrected chi connectivity index (χ1v) is 8.67. The molecule has 0 heterocycles. The maximum Gasteiger partial charge on any atom is 0.162 e. The number of allylic oxidation sites excluding steroid dienone is 4. The van der Waals surface area contributed by atoms with Crippen molar-refractivity contribution >= 4 is 5.78 Å². The van der Waals surface area contributed by atoms with Gasteiger partial charge in [0.2, 0.25) is 0 Å². The molecule has 0 radical (unpaired) electrons. The van der Waals surface area contributed by atoms with Crippen LogP contribution in [0.1, 0.15) is 60.3 Å². The van der Waals surface area contributed by atoms with Gasteiger partial charge in [-0.25, -0.2) is 0 Å². The summed E-state index contributed by atoms with van der Waals surface area (Å²) in [5, 5.41) is 0. The lowest BCUT2D eigenvalue weighted by molar-refractivity contribution is -0.135. The molecule has 1 heteroatoms. The fraction of sp³-hybridized carbons (Fsp3) is 0.750. The smallest absolute Gasteiger partial charge is 0.162 e. The van der Waals surface area contributed by atoms with Gasteiger partial charge in [-0.15, -0.1) is 0 Å². The molecule has 4 atom stereocenters. The second kappa shape index (κ2) is 3.91. The van der Waals surface area contributed by atoms with Crippen LogP contribution < -0.4 is 0 Å². The van der Waals surface area contributed by atoms with E-state index in [1.165, 1.54) is 24.0 Å². The van der Waals surface area contributed by atoms with Gasteiger partial charge in [-0.1, -0.05) is 44.9 Å². The molecule has 1 nitrogen and oxygen atoms in total. The lowest BCUT2D eigenvalue weighted by Gasteiger charge is -2.58. The molecule has 21 heavy (non-hydrogen) atoms. The molecule has 0 amide bonds. The summed E-state index contributed by atoms with van der Waals surface area (Å²) in [5.41, 5.74) is 4.85. The van der Waals surface area contributed by atoms with Crippen molar-refractivity contribution in [1.82, 2.24) is 0 Å². The maximum atomic E-state index is 12.9. The lowest BCUT2D eigenvalue weighted by Crippen LogP contribution is -2.54. The zero-order chi connectivity index (χ0) is 15.2. The fourth-order valence-electron chi connectivity index (χ4n) is 5.83. The Balaban J connectivity index is 1.63. The van der Waals surface area contributed by atoms with E-state index in [2.05, 4.69) is 40.7 Å². The Morgan fingerprint density at radius 1 is 1.05 bits per heavy atom. The number of Topliss-reactive ketones (excluding diaryl/α,β-unsaturated/α-hetero) is 1. The number of ketones is 1. The van der Waals surface area contributed by atoms with Crippen molar-refractivity contribution in [2.24, 2.45) is 34.5 Å². The molecule has 6 aliphatic carbocycles. The van der Waals surface area contributed by atoms with Crippen molar-refractivity contribution in [3.63, 3.8) is 0 Å². The molecular weight excluding hydrogens is 256 g/mol. The maximum absolute atomic E-state index is 12.9. The summed E-state index contributed by atoms with van der Waals surface area (Å²) >= 11 is 0. The van der Waals surface area contributed by atoms with E-state index in [0.29, 0.717) is 23.0 Å². The van der Waals surface area contributed by atoms with Gasteiger partial charge in [-0.2, -0.15) is 0 Å². The van der Waals surface area contributed by atoms with Gasteiger partial charge in [0.05, 0.1) is 0 Å². The second-order valence-corrected chi connectivity index (χ2v) is 9.19. The standard InChI is InChI=1S/C20H28O/c1-11-14(18(21)17-10-15(11)20(17,4)5)8-12-6-7-13-9-16(12)19(13,2)3/h6,13,15-17H,7-10H2,1-5H3/t13-,15-,16-,17+/m1/s1. The number of hydrogen-bond acceptors (Lipinski definition) is 1. The van der Waals surface area contributed by atoms with Crippen LogP contribution in [0, 0.1) is 34.5 Å². The van der Waals surface area contributed by atoms with E-state index >= 15 is 0 Å². The van der Waals surface area contributed by atoms with E-state index in [4.69, 9.17) is 0 Å². The van der Waals surface area contributed by atoms with Crippen molar-refractivity contribution in [2.45, 2.75) is 60.3 Å². The van der Waals surface area contributed by atoms with Gasteiger partial charge in [0.1, 0.15) is 0 Å². The summed E-state index contributed by atoms with van der Waals surface area (Å²) in [6, 6.07) is 0. The van der Waals surface area contributed by atoms with E-state index in [0.717, 1.165) is 24.7 Å². The quantitative estimate of drug-likeness (QED) is 0.657. The van der Waals surface area contributed by atoms with Crippen LogP contribution in [-0.2, 0) is 4.79 Å². The fourth-order valence-corrected chi connectivity index (χ4v) is 5.83. The molecular formula is C20H28O. The van der Waals surface area contributed by atoms with Crippen LogP contribution >= 0.6 is 0 Å². The Labute approximate surface area is 128 Å². The highest BCUT2D eigenvalue weighted by Gasteiger charge is 2.57. The average molecular weight is 284 g/mol. The van der Waals surface area contributed by atoms with E-state index in [9.17, 15) is 4.79 Å². The first-order chi connectivity index (χ1) is 9.74. The summed E-state index contributed by atoms with van der Waals surface area (Å²) in [4.78, 5) is 12.9. The first kappa shape index (κ1) is 13.8. The SMILES string of the molecule is CC1=C(CC2=CC[C@@H]3C[C@H]2C3(C)C)C(=O)[C@@H]2C[C@H]1C2(C)C. The Morgan fingerprint density at radius 3 is 2.29 bits per heavy atom. The molecule has 4 bridgehead atoms. The predicted octanol–water partition coefficient (Wildman–Crippen LogP) is 4.93. The summed E-state index contributed by atoms with van der Waals surface area (Å²) in [6.07, 6.45) is 7.12. The average Bonchev–Trinajstić information content (AvgIpc) is 2.41. The number of carbonyl (C=O) groups excluding carboxylic acids is 1. The van der Waals surface area contributed by atoms with Gasteiger partial charge in [0.25, 0.3) is 0 Å². The van der Waals surface area contributed by atoms with Crippen molar-refractivity contribution < 1.29 is 4.79 Å². The number of fused-ring (bicyclic) bond motifs is 2. The third kappa shape index (κ3) is 1.56. The third-order valence-corrected chi connectivity index (χ3v) is 7.84. The third-order valence-electron chi connectivity index (χ3n) is 7.84. The second-order valence-electron chi connectivity index (χ2n) is 9.19. The number of rotatable bonds is 2. The van der Waals surface area contributed by atoms with Gasteiger partial charge >= 0.3 is 0 Å². The minimum absolute atomic E-state index is 0.215. The van der Waals surface area contributed by atoms with Crippen molar-refractivity contribution in [2.75, 3.05) is 0 Å². The molecule has 2 fully saturated rings. The van der Waals surface area contributed by atoms with Crippen LogP contribution in [0.3, 0.4) is 0 Å². The highest BCUT2D eigenvalue weighted by atomic mass is 16.1. The van der Waals surface area contributed by atoms with Crippen molar-refractivity contribution in [3.8, 4) is 0 Å². The first-order valence-electron chi connectivity index (χ1n) is 8.67.